The number of hydrogen-bond donors (Lipinski definition) is 1. The third-order valence-corrected chi connectivity index (χ3v) is 3.09. The molecule has 1 aliphatic heterocycles. The Kier molecular flexibility index (Phi) is 4.83. The van der Waals surface area contributed by atoms with Crippen LogP contribution in [-0.4, -0.2) is 25.9 Å². The third kappa shape index (κ3) is 4.02. The van der Waals surface area contributed by atoms with Crippen LogP contribution in [0.15, 0.2) is 24.3 Å². The van der Waals surface area contributed by atoms with Crippen molar-refractivity contribution in [3.63, 3.8) is 0 Å². The fraction of sp³-hybridized carbons (Fsp3) is 0.571. The summed E-state index contributed by atoms with van der Waals surface area (Å²) in [6.45, 7) is 2.35. The van der Waals surface area contributed by atoms with E-state index < -0.39 is 0 Å². The summed E-state index contributed by atoms with van der Waals surface area (Å²) in [7, 11) is 0. The molecule has 1 heterocycles. The molecular formula is C14H21NO2. The smallest absolute Gasteiger partial charge is 0.119 e. The number of rotatable bonds is 6. The van der Waals surface area contributed by atoms with Gasteiger partial charge in [0.05, 0.1) is 12.7 Å². The van der Waals surface area contributed by atoms with Crippen LogP contribution in [0.1, 0.15) is 24.8 Å². The summed E-state index contributed by atoms with van der Waals surface area (Å²) in [4.78, 5) is 0. The zero-order valence-corrected chi connectivity index (χ0v) is 10.2. The Morgan fingerprint density at radius 2 is 2.12 bits per heavy atom. The van der Waals surface area contributed by atoms with E-state index >= 15 is 0 Å². The van der Waals surface area contributed by atoms with E-state index in [-0.39, 0.29) is 0 Å². The topological polar surface area (TPSA) is 44.5 Å². The molecule has 1 aliphatic rings. The molecule has 1 atom stereocenters. The highest BCUT2D eigenvalue weighted by molar-refractivity contribution is 5.27. The molecule has 0 saturated carbocycles. The van der Waals surface area contributed by atoms with Crippen LogP contribution in [0.5, 0.6) is 5.75 Å². The van der Waals surface area contributed by atoms with Crippen molar-refractivity contribution in [1.29, 1.82) is 0 Å². The molecule has 0 spiro atoms. The van der Waals surface area contributed by atoms with Crippen LogP contribution >= 0.6 is 0 Å². The fourth-order valence-corrected chi connectivity index (χ4v) is 2.10. The van der Waals surface area contributed by atoms with Crippen molar-refractivity contribution in [3.8, 4) is 5.75 Å². The van der Waals surface area contributed by atoms with Gasteiger partial charge in [-0.2, -0.15) is 0 Å². The lowest BCUT2D eigenvalue weighted by Crippen LogP contribution is -2.10. The molecule has 3 heteroatoms. The van der Waals surface area contributed by atoms with Crippen molar-refractivity contribution in [3.05, 3.63) is 29.8 Å². The maximum atomic E-state index is 5.69. The molecule has 0 bridgehead atoms. The molecule has 1 fully saturated rings. The summed E-state index contributed by atoms with van der Waals surface area (Å²) in [5.74, 6) is 0.934. The van der Waals surface area contributed by atoms with Crippen LogP contribution in [0.2, 0.25) is 0 Å². The molecule has 2 N–H and O–H groups in total. The molecule has 17 heavy (non-hydrogen) atoms. The first kappa shape index (κ1) is 12.4. The molecular weight excluding hydrogens is 214 g/mol. The van der Waals surface area contributed by atoms with Crippen LogP contribution in [-0.2, 0) is 11.2 Å². The van der Waals surface area contributed by atoms with E-state index in [1.807, 2.05) is 12.1 Å². The quantitative estimate of drug-likeness (QED) is 0.821. The van der Waals surface area contributed by atoms with Crippen molar-refractivity contribution >= 4 is 0 Å². The van der Waals surface area contributed by atoms with E-state index in [0.29, 0.717) is 12.6 Å². The van der Waals surface area contributed by atoms with Crippen LogP contribution in [0.4, 0.5) is 0 Å². The summed E-state index contributed by atoms with van der Waals surface area (Å²) in [5.41, 5.74) is 6.77. The van der Waals surface area contributed by atoms with Crippen LogP contribution < -0.4 is 10.5 Å². The summed E-state index contributed by atoms with van der Waals surface area (Å²) < 4.78 is 11.2. The van der Waals surface area contributed by atoms with E-state index in [9.17, 15) is 0 Å². The summed E-state index contributed by atoms with van der Waals surface area (Å²) in [6, 6.07) is 8.18. The van der Waals surface area contributed by atoms with Gasteiger partial charge in [0.15, 0.2) is 0 Å². The van der Waals surface area contributed by atoms with E-state index in [0.717, 1.165) is 31.8 Å². The molecule has 1 aromatic carbocycles. The van der Waals surface area contributed by atoms with E-state index in [1.165, 1.54) is 18.4 Å². The Hall–Kier alpha value is -1.06. The Bertz CT molecular complexity index is 317. The summed E-state index contributed by atoms with van der Waals surface area (Å²) in [6.07, 6.45) is 4.70. The molecule has 0 aliphatic carbocycles. The first-order valence-electron chi connectivity index (χ1n) is 6.42. The number of hydrogen-bond acceptors (Lipinski definition) is 3. The molecule has 1 unspecified atom stereocenters. The van der Waals surface area contributed by atoms with Crippen molar-refractivity contribution in [2.24, 2.45) is 5.73 Å². The van der Waals surface area contributed by atoms with E-state index in [2.05, 4.69) is 12.1 Å². The highest BCUT2D eigenvalue weighted by atomic mass is 16.5. The predicted molar refractivity (Wildman–Crippen MR) is 68.3 cm³/mol. The van der Waals surface area contributed by atoms with Crippen molar-refractivity contribution < 1.29 is 9.47 Å². The van der Waals surface area contributed by atoms with Gasteiger partial charge in [0.25, 0.3) is 0 Å². The Morgan fingerprint density at radius 3 is 2.76 bits per heavy atom. The summed E-state index contributed by atoms with van der Waals surface area (Å²) in [5, 5.41) is 0. The second-order valence-corrected chi connectivity index (χ2v) is 4.45. The normalized spacial score (nSPS) is 19.5. The van der Waals surface area contributed by atoms with E-state index in [4.69, 9.17) is 15.2 Å². The van der Waals surface area contributed by atoms with Crippen LogP contribution in [0.3, 0.4) is 0 Å². The van der Waals surface area contributed by atoms with Gasteiger partial charge in [0.1, 0.15) is 5.75 Å². The monoisotopic (exact) mass is 235 g/mol. The minimum atomic E-state index is 0.409. The average molecular weight is 235 g/mol. The highest BCUT2D eigenvalue weighted by Crippen LogP contribution is 2.17. The molecule has 0 radical (unpaired) electrons. The predicted octanol–water partition coefficient (Wildman–Crippen LogP) is 2.14. The number of nitrogens with two attached hydrogens (primary N) is 1. The zero-order chi connectivity index (χ0) is 11.9. The molecule has 3 nitrogen and oxygen atoms in total. The second kappa shape index (κ2) is 6.62. The number of benzene rings is 1. The molecule has 1 aromatic rings. The van der Waals surface area contributed by atoms with Gasteiger partial charge in [0, 0.05) is 13.0 Å². The van der Waals surface area contributed by atoms with Crippen molar-refractivity contribution in [2.75, 3.05) is 19.8 Å². The van der Waals surface area contributed by atoms with Gasteiger partial charge in [-0.25, -0.2) is 0 Å². The molecule has 0 amide bonds. The van der Waals surface area contributed by atoms with Crippen LogP contribution in [0.25, 0.3) is 0 Å². The van der Waals surface area contributed by atoms with Gasteiger partial charge in [-0.15, -0.1) is 0 Å². The van der Waals surface area contributed by atoms with Gasteiger partial charge in [0.2, 0.25) is 0 Å². The average Bonchev–Trinajstić information content (AvgIpc) is 2.85. The first-order valence-corrected chi connectivity index (χ1v) is 6.42. The first-order chi connectivity index (χ1) is 8.38. The van der Waals surface area contributed by atoms with Gasteiger partial charge in [-0.1, -0.05) is 12.1 Å². The lowest BCUT2D eigenvalue weighted by atomic mass is 10.1. The molecule has 94 valence electrons. The zero-order valence-electron chi connectivity index (χ0n) is 10.2. The van der Waals surface area contributed by atoms with Crippen molar-refractivity contribution in [2.45, 2.75) is 31.8 Å². The Morgan fingerprint density at radius 1 is 1.29 bits per heavy atom. The SMILES string of the molecule is NCCc1ccc(OCCC2CCCO2)cc1. The molecule has 0 aromatic heterocycles. The summed E-state index contributed by atoms with van der Waals surface area (Å²) >= 11 is 0. The lowest BCUT2D eigenvalue weighted by molar-refractivity contribution is 0.0903. The van der Waals surface area contributed by atoms with Gasteiger partial charge < -0.3 is 15.2 Å². The Labute approximate surface area is 103 Å². The van der Waals surface area contributed by atoms with Gasteiger partial charge in [-0.3, -0.25) is 0 Å². The fourth-order valence-electron chi connectivity index (χ4n) is 2.10. The maximum Gasteiger partial charge on any atom is 0.119 e. The second-order valence-electron chi connectivity index (χ2n) is 4.45. The third-order valence-electron chi connectivity index (χ3n) is 3.09. The van der Waals surface area contributed by atoms with Gasteiger partial charge >= 0.3 is 0 Å². The molecule has 2 rings (SSSR count). The van der Waals surface area contributed by atoms with E-state index in [1.54, 1.807) is 0 Å². The minimum Gasteiger partial charge on any atom is -0.493 e. The molecule has 1 saturated heterocycles. The largest absolute Gasteiger partial charge is 0.493 e. The highest BCUT2D eigenvalue weighted by Gasteiger charge is 2.14. The maximum absolute atomic E-state index is 5.69. The minimum absolute atomic E-state index is 0.409. The number of ether oxygens (including phenoxy) is 2. The Balaban J connectivity index is 1.70. The van der Waals surface area contributed by atoms with Crippen molar-refractivity contribution in [1.82, 2.24) is 0 Å². The van der Waals surface area contributed by atoms with Crippen LogP contribution in [0, 0.1) is 0 Å². The standard InChI is InChI=1S/C14H21NO2/c15-9-7-12-3-5-14(6-4-12)17-11-8-13-2-1-10-16-13/h3-6,13H,1-2,7-11,15H2. The lowest BCUT2D eigenvalue weighted by Gasteiger charge is -2.10. The van der Waals surface area contributed by atoms with Gasteiger partial charge in [-0.05, 0) is 43.5 Å².